The van der Waals surface area contributed by atoms with Gasteiger partial charge < -0.3 is 11.1 Å². The fourth-order valence-electron chi connectivity index (χ4n) is 1.65. The second kappa shape index (κ2) is 5.22. The van der Waals surface area contributed by atoms with Crippen molar-refractivity contribution in [1.82, 2.24) is 4.98 Å². The molecule has 1 aromatic carbocycles. The number of hydrogen-bond donors (Lipinski definition) is 2. The average Bonchev–Trinajstić information content (AvgIpc) is 2.76. The van der Waals surface area contributed by atoms with Crippen LogP contribution in [0, 0.1) is 18.7 Å². The van der Waals surface area contributed by atoms with Crippen LogP contribution in [-0.4, -0.2) is 16.9 Å². The van der Waals surface area contributed by atoms with Crippen LogP contribution in [0.25, 0.3) is 10.2 Å². The molecule has 4 nitrogen and oxygen atoms in total. The molecule has 1 aromatic heterocycles. The minimum Gasteiger partial charge on any atom is -0.320 e. The second-order valence-corrected chi connectivity index (χ2v) is 5.83. The topological polar surface area (TPSA) is 68.0 Å². The lowest BCUT2D eigenvalue weighted by Crippen LogP contribution is -2.39. The summed E-state index contributed by atoms with van der Waals surface area (Å²) < 4.78 is 14.3. The molecular weight excluding hydrogens is 265 g/mol. The molecule has 3 N–H and O–H groups in total. The van der Waals surface area contributed by atoms with E-state index < -0.39 is 6.04 Å². The number of thiazole rings is 1. The normalized spacial score (nSPS) is 12.9. The van der Waals surface area contributed by atoms with Crippen LogP contribution in [0.3, 0.4) is 0 Å². The summed E-state index contributed by atoms with van der Waals surface area (Å²) in [6, 6.07) is 2.49. The highest BCUT2D eigenvalue weighted by Gasteiger charge is 2.19. The van der Waals surface area contributed by atoms with E-state index in [-0.39, 0.29) is 17.6 Å². The van der Waals surface area contributed by atoms with Crippen molar-refractivity contribution in [3.8, 4) is 0 Å². The Kier molecular flexibility index (Phi) is 3.82. The Bertz CT molecular complexity index is 624. The standard InChI is InChI=1S/C13H16FN3OS/c1-6(2)10(15)12(18)17-13-16-11-7(3)8(14)4-5-9(11)19-13/h4-6,10H,15H2,1-3H3,(H,16,17,18)/t10-/m0/s1. The van der Waals surface area contributed by atoms with Gasteiger partial charge >= 0.3 is 0 Å². The summed E-state index contributed by atoms with van der Waals surface area (Å²) in [5.74, 6) is -0.518. The van der Waals surface area contributed by atoms with Gasteiger partial charge in [0.1, 0.15) is 5.82 Å². The minimum atomic E-state index is -0.579. The molecule has 0 aliphatic heterocycles. The fraction of sp³-hybridized carbons (Fsp3) is 0.385. The highest BCUT2D eigenvalue weighted by molar-refractivity contribution is 7.22. The highest BCUT2D eigenvalue weighted by atomic mass is 32.1. The van der Waals surface area contributed by atoms with Gasteiger partial charge in [-0.25, -0.2) is 9.37 Å². The van der Waals surface area contributed by atoms with E-state index in [1.54, 1.807) is 13.0 Å². The van der Waals surface area contributed by atoms with Gasteiger partial charge in [-0.05, 0) is 25.0 Å². The Hall–Kier alpha value is -1.53. The summed E-state index contributed by atoms with van der Waals surface area (Å²) in [6.07, 6.45) is 0. The van der Waals surface area contributed by atoms with Crippen LogP contribution in [0.5, 0.6) is 0 Å². The number of anilines is 1. The maximum atomic E-state index is 13.4. The molecule has 0 aliphatic rings. The Morgan fingerprint density at radius 3 is 2.79 bits per heavy atom. The molecule has 0 fully saturated rings. The number of rotatable bonds is 3. The number of benzene rings is 1. The number of aromatic nitrogens is 1. The van der Waals surface area contributed by atoms with Gasteiger partial charge in [0.05, 0.1) is 16.3 Å². The summed E-state index contributed by atoms with van der Waals surface area (Å²) in [5, 5.41) is 3.13. The Labute approximate surface area is 114 Å². The van der Waals surface area contributed by atoms with Crippen molar-refractivity contribution in [2.75, 3.05) is 5.32 Å². The van der Waals surface area contributed by atoms with E-state index in [4.69, 9.17) is 5.73 Å². The van der Waals surface area contributed by atoms with E-state index in [9.17, 15) is 9.18 Å². The van der Waals surface area contributed by atoms with Gasteiger partial charge in [0.25, 0.3) is 0 Å². The third-order valence-corrected chi connectivity index (χ3v) is 3.94. The molecule has 1 atom stereocenters. The lowest BCUT2D eigenvalue weighted by atomic mass is 10.1. The first-order chi connectivity index (χ1) is 8.90. The minimum absolute atomic E-state index is 0.0496. The second-order valence-electron chi connectivity index (χ2n) is 4.80. The van der Waals surface area contributed by atoms with Crippen molar-refractivity contribution in [3.63, 3.8) is 0 Å². The van der Waals surface area contributed by atoms with Crippen LogP contribution < -0.4 is 11.1 Å². The van der Waals surface area contributed by atoms with Crippen LogP contribution in [-0.2, 0) is 4.79 Å². The molecule has 0 spiro atoms. The molecule has 2 rings (SSSR count). The maximum Gasteiger partial charge on any atom is 0.243 e. The van der Waals surface area contributed by atoms with Gasteiger partial charge in [-0.3, -0.25) is 4.79 Å². The number of halogens is 1. The Balaban J connectivity index is 2.28. The largest absolute Gasteiger partial charge is 0.320 e. The van der Waals surface area contributed by atoms with E-state index in [0.717, 1.165) is 4.70 Å². The SMILES string of the molecule is Cc1c(F)ccc2sc(NC(=O)[C@@H](N)C(C)C)nc12. The van der Waals surface area contributed by atoms with Crippen LogP contribution in [0.2, 0.25) is 0 Å². The number of carbonyl (C=O) groups is 1. The zero-order valence-electron chi connectivity index (χ0n) is 11.0. The van der Waals surface area contributed by atoms with Crippen LogP contribution in [0.4, 0.5) is 9.52 Å². The smallest absolute Gasteiger partial charge is 0.243 e. The van der Waals surface area contributed by atoms with Crippen molar-refractivity contribution in [2.45, 2.75) is 26.8 Å². The molecule has 1 amide bonds. The predicted molar refractivity (Wildman–Crippen MR) is 75.8 cm³/mol. The lowest BCUT2D eigenvalue weighted by Gasteiger charge is -2.13. The molecule has 0 saturated carbocycles. The zero-order valence-corrected chi connectivity index (χ0v) is 11.8. The summed E-state index contributed by atoms with van der Waals surface area (Å²) >= 11 is 1.31. The monoisotopic (exact) mass is 281 g/mol. The molecule has 0 bridgehead atoms. The highest BCUT2D eigenvalue weighted by Crippen LogP contribution is 2.29. The molecule has 6 heteroatoms. The summed E-state index contributed by atoms with van der Waals surface area (Å²) in [7, 11) is 0. The first-order valence-corrected chi connectivity index (χ1v) is 6.84. The van der Waals surface area contributed by atoms with Gasteiger partial charge in [-0.15, -0.1) is 0 Å². The molecule has 2 aromatic rings. The van der Waals surface area contributed by atoms with Gasteiger partial charge in [0.15, 0.2) is 5.13 Å². The quantitative estimate of drug-likeness (QED) is 0.909. The van der Waals surface area contributed by atoms with E-state index >= 15 is 0 Å². The molecule has 0 aliphatic carbocycles. The molecule has 0 unspecified atom stereocenters. The molecule has 19 heavy (non-hydrogen) atoms. The van der Waals surface area contributed by atoms with E-state index in [1.807, 2.05) is 13.8 Å². The summed E-state index contributed by atoms with van der Waals surface area (Å²) in [6.45, 7) is 5.42. The third kappa shape index (κ3) is 2.74. The molecule has 102 valence electrons. The van der Waals surface area contributed by atoms with E-state index in [1.165, 1.54) is 17.4 Å². The Morgan fingerprint density at radius 2 is 2.16 bits per heavy atom. The van der Waals surface area contributed by atoms with Crippen molar-refractivity contribution in [3.05, 3.63) is 23.5 Å². The van der Waals surface area contributed by atoms with E-state index in [0.29, 0.717) is 16.2 Å². The average molecular weight is 281 g/mol. The van der Waals surface area contributed by atoms with Crippen LogP contribution in [0.15, 0.2) is 12.1 Å². The number of carbonyl (C=O) groups excluding carboxylic acids is 1. The Morgan fingerprint density at radius 1 is 1.47 bits per heavy atom. The number of nitrogens with zero attached hydrogens (tertiary/aromatic N) is 1. The van der Waals surface area contributed by atoms with Crippen molar-refractivity contribution in [2.24, 2.45) is 11.7 Å². The van der Waals surface area contributed by atoms with E-state index in [2.05, 4.69) is 10.3 Å². The van der Waals surface area contributed by atoms with Gasteiger partial charge in [-0.2, -0.15) is 0 Å². The zero-order chi connectivity index (χ0) is 14.2. The number of hydrogen-bond acceptors (Lipinski definition) is 4. The van der Waals surface area contributed by atoms with Crippen molar-refractivity contribution < 1.29 is 9.18 Å². The first-order valence-electron chi connectivity index (χ1n) is 6.02. The fourth-order valence-corrected chi connectivity index (χ4v) is 2.57. The predicted octanol–water partition coefficient (Wildman–Crippen LogP) is 2.67. The number of amides is 1. The maximum absolute atomic E-state index is 13.4. The first kappa shape index (κ1) is 13.9. The number of nitrogens with one attached hydrogen (secondary N) is 1. The van der Waals surface area contributed by atoms with Gasteiger partial charge in [0, 0.05) is 5.56 Å². The summed E-state index contributed by atoms with van der Waals surface area (Å²) in [5.41, 5.74) is 6.83. The van der Waals surface area contributed by atoms with Gasteiger partial charge in [-0.1, -0.05) is 25.2 Å². The molecule has 1 heterocycles. The summed E-state index contributed by atoms with van der Waals surface area (Å²) in [4.78, 5) is 16.1. The van der Waals surface area contributed by atoms with Crippen LogP contribution in [0.1, 0.15) is 19.4 Å². The van der Waals surface area contributed by atoms with Gasteiger partial charge in [0.2, 0.25) is 5.91 Å². The third-order valence-electron chi connectivity index (χ3n) is 3.00. The lowest BCUT2D eigenvalue weighted by molar-refractivity contribution is -0.118. The molecular formula is C13H16FN3OS. The van der Waals surface area contributed by atoms with Crippen molar-refractivity contribution >= 4 is 32.6 Å². The number of nitrogens with two attached hydrogens (primary N) is 1. The molecule has 0 saturated heterocycles. The van der Waals surface area contributed by atoms with Crippen molar-refractivity contribution in [1.29, 1.82) is 0 Å². The number of aryl methyl sites for hydroxylation is 1. The van der Waals surface area contributed by atoms with Crippen LogP contribution >= 0.6 is 11.3 Å². The number of fused-ring (bicyclic) bond motifs is 1. The molecule has 0 radical (unpaired) electrons.